The van der Waals surface area contributed by atoms with E-state index in [9.17, 15) is 4.79 Å². The van der Waals surface area contributed by atoms with E-state index in [1.165, 1.54) is 38.7 Å². The topological polar surface area (TPSA) is 46.5 Å². The number of urea groups is 1. The van der Waals surface area contributed by atoms with Crippen LogP contribution in [0.1, 0.15) is 51.0 Å². The summed E-state index contributed by atoms with van der Waals surface area (Å²) in [5, 5.41) is 6.58. The molecule has 1 atom stereocenters. The second-order valence-electron chi connectivity index (χ2n) is 8.85. The lowest BCUT2D eigenvalue weighted by Crippen LogP contribution is -2.41. The van der Waals surface area contributed by atoms with Crippen LogP contribution >= 0.6 is 22.7 Å². The molecule has 0 spiro atoms. The van der Waals surface area contributed by atoms with Crippen molar-refractivity contribution in [2.75, 3.05) is 7.11 Å². The Balaban J connectivity index is 1.39. The third-order valence-electron chi connectivity index (χ3n) is 6.83. The molecule has 4 aromatic rings. The smallest absolute Gasteiger partial charge is 0.318 e. The number of nitrogens with one attached hydrogen (secondary N) is 1. The van der Waals surface area contributed by atoms with Crippen LogP contribution in [0.4, 0.5) is 4.79 Å². The fraction of sp³-hybridized carbons (Fsp3) is 0.296. The number of aromatic nitrogens is 1. The summed E-state index contributed by atoms with van der Waals surface area (Å²) in [6.45, 7) is 1.08. The summed E-state index contributed by atoms with van der Waals surface area (Å²) in [7, 11) is 1.66. The second kappa shape index (κ2) is 8.96. The normalized spacial score (nSPS) is 16.9. The van der Waals surface area contributed by atoms with Crippen LogP contribution in [-0.2, 0) is 25.9 Å². The summed E-state index contributed by atoms with van der Waals surface area (Å²) in [5.41, 5.74) is 4.97. The summed E-state index contributed by atoms with van der Waals surface area (Å²) in [6, 6.07) is 16.2. The molecule has 0 bridgehead atoms. The number of amides is 2. The predicted molar refractivity (Wildman–Crippen MR) is 137 cm³/mol. The van der Waals surface area contributed by atoms with Gasteiger partial charge < -0.3 is 19.5 Å². The van der Waals surface area contributed by atoms with E-state index < -0.39 is 0 Å². The monoisotopic (exact) mass is 489 g/mol. The summed E-state index contributed by atoms with van der Waals surface area (Å²) in [6.07, 6.45) is 6.91. The summed E-state index contributed by atoms with van der Waals surface area (Å²) >= 11 is 3.63. The van der Waals surface area contributed by atoms with E-state index in [1.54, 1.807) is 18.4 Å². The van der Waals surface area contributed by atoms with Crippen molar-refractivity contribution in [3.63, 3.8) is 0 Å². The molecular weight excluding hydrogens is 462 g/mol. The first-order valence-electron chi connectivity index (χ1n) is 11.7. The molecule has 5 nitrogen and oxygen atoms in total. The predicted octanol–water partition coefficient (Wildman–Crippen LogP) is 6.30. The maximum absolute atomic E-state index is 13.8. The molecule has 0 saturated heterocycles. The molecule has 2 aliphatic rings. The van der Waals surface area contributed by atoms with Crippen molar-refractivity contribution in [3.8, 4) is 10.8 Å². The van der Waals surface area contributed by atoms with E-state index in [4.69, 9.17) is 4.74 Å². The zero-order chi connectivity index (χ0) is 23.1. The number of benzene rings is 1. The number of carbonyl (C=O) groups excluding carboxylic acids is 1. The molecule has 2 amide bonds. The maximum atomic E-state index is 13.8. The molecule has 0 radical (unpaired) electrons. The van der Waals surface area contributed by atoms with Gasteiger partial charge >= 0.3 is 6.03 Å². The number of hydrogen-bond acceptors (Lipinski definition) is 4. The van der Waals surface area contributed by atoms with Gasteiger partial charge in [0.15, 0.2) is 0 Å². The molecule has 7 heteroatoms. The lowest BCUT2D eigenvalue weighted by molar-refractivity contribution is 0.181. The highest BCUT2D eigenvalue weighted by Crippen LogP contribution is 2.44. The van der Waals surface area contributed by atoms with Gasteiger partial charge in [-0.1, -0.05) is 18.2 Å². The van der Waals surface area contributed by atoms with Crippen LogP contribution < -0.4 is 10.1 Å². The van der Waals surface area contributed by atoms with Crippen LogP contribution in [0.15, 0.2) is 60.1 Å². The van der Waals surface area contributed by atoms with Crippen molar-refractivity contribution < 1.29 is 9.53 Å². The lowest BCUT2D eigenvalue weighted by Gasteiger charge is -2.30. The first-order valence-corrected chi connectivity index (χ1v) is 13.4. The fourth-order valence-corrected chi connectivity index (χ4v) is 7.45. The van der Waals surface area contributed by atoms with Crippen LogP contribution in [-0.4, -0.2) is 22.6 Å². The van der Waals surface area contributed by atoms with Crippen molar-refractivity contribution in [2.45, 2.75) is 44.8 Å². The van der Waals surface area contributed by atoms with Crippen LogP contribution in [0.25, 0.3) is 5.00 Å². The Kier molecular flexibility index (Phi) is 5.67. The van der Waals surface area contributed by atoms with Gasteiger partial charge in [-0.25, -0.2) is 4.79 Å². The van der Waals surface area contributed by atoms with Crippen molar-refractivity contribution in [1.82, 2.24) is 14.8 Å². The number of ether oxygens (including phenoxy) is 1. The Morgan fingerprint density at radius 2 is 2.03 bits per heavy atom. The molecule has 174 valence electrons. The lowest BCUT2D eigenvalue weighted by atomic mass is 9.95. The van der Waals surface area contributed by atoms with Crippen molar-refractivity contribution in [1.29, 1.82) is 0 Å². The number of rotatable bonds is 4. The molecule has 1 aliphatic heterocycles. The highest BCUT2D eigenvalue weighted by atomic mass is 32.1. The van der Waals surface area contributed by atoms with Crippen molar-refractivity contribution >= 4 is 28.7 Å². The second-order valence-corrected chi connectivity index (χ2v) is 10.9. The largest absolute Gasteiger partial charge is 0.497 e. The third-order valence-corrected chi connectivity index (χ3v) is 9.09. The van der Waals surface area contributed by atoms with Gasteiger partial charge in [-0.3, -0.25) is 0 Å². The van der Waals surface area contributed by atoms with Crippen LogP contribution in [0, 0.1) is 0 Å². The number of nitrogens with zero attached hydrogens (tertiary/aromatic N) is 2. The Bertz CT molecular complexity index is 1320. The van der Waals surface area contributed by atoms with Gasteiger partial charge in [0.1, 0.15) is 16.8 Å². The van der Waals surface area contributed by atoms with E-state index in [0.29, 0.717) is 13.1 Å². The molecule has 1 N–H and O–H groups in total. The Morgan fingerprint density at radius 3 is 2.88 bits per heavy atom. The Hall–Kier alpha value is -3.03. The van der Waals surface area contributed by atoms with E-state index in [2.05, 4.69) is 45.7 Å². The first-order chi connectivity index (χ1) is 16.7. The van der Waals surface area contributed by atoms with Crippen LogP contribution in [0.2, 0.25) is 0 Å². The number of fused-ring (bicyclic) bond motifs is 5. The molecule has 0 fully saturated rings. The van der Waals surface area contributed by atoms with Gasteiger partial charge in [-0.15, -0.1) is 22.7 Å². The van der Waals surface area contributed by atoms with Crippen LogP contribution in [0.3, 0.4) is 0 Å². The SMILES string of the molecule is COc1cccc(CNC(=O)N2Cc3c(sc4c3CCCC4)-n3cccc3[C@@H]2c2cccs2)c1. The molecule has 1 aromatic carbocycles. The molecule has 0 unspecified atom stereocenters. The average Bonchev–Trinajstić information content (AvgIpc) is 3.62. The van der Waals surface area contributed by atoms with Gasteiger partial charge in [0.2, 0.25) is 0 Å². The third kappa shape index (κ3) is 3.73. The highest BCUT2D eigenvalue weighted by molar-refractivity contribution is 7.15. The number of methoxy groups -OCH3 is 1. The molecule has 6 rings (SSSR count). The van der Waals surface area contributed by atoms with Crippen LogP contribution in [0.5, 0.6) is 5.75 Å². The zero-order valence-electron chi connectivity index (χ0n) is 19.1. The van der Waals surface area contributed by atoms with Crippen molar-refractivity contribution in [3.05, 3.63) is 92.2 Å². The Labute approximate surface area is 207 Å². The quantitative estimate of drug-likeness (QED) is 0.366. The first kappa shape index (κ1) is 21.5. The number of hydrogen-bond donors (Lipinski definition) is 1. The van der Waals surface area contributed by atoms with Gasteiger partial charge in [0.05, 0.1) is 19.3 Å². The van der Waals surface area contributed by atoms with E-state index in [0.717, 1.165) is 29.8 Å². The molecule has 3 aromatic heterocycles. The molecule has 34 heavy (non-hydrogen) atoms. The van der Waals surface area contributed by atoms with Crippen molar-refractivity contribution in [2.24, 2.45) is 0 Å². The highest BCUT2D eigenvalue weighted by Gasteiger charge is 2.36. The Morgan fingerprint density at radius 1 is 1.12 bits per heavy atom. The van der Waals surface area contributed by atoms with E-state index >= 15 is 0 Å². The average molecular weight is 490 g/mol. The summed E-state index contributed by atoms with van der Waals surface area (Å²) in [5.74, 6) is 0.797. The molecule has 1 aliphatic carbocycles. The summed E-state index contributed by atoms with van der Waals surface area (Å²) < 4.78 is 7.68. The van der Waals surface area contributed by atoms with Gasteiger partial charge in [-0.2, -0.15) is 0 Å². The maximum Gasteiger partial charge on any atom is 0.318 e. The van der Waals surface area contributed by atoms with Gasteiger partial charge in [0, 0.05) is 28.1 Å². The zero-order valence-corrected chi connectivity index (χ0v) is 20.8. The standard InChI is InChI=1S/C27H27N3O2S2/c1-32-19-8-4-7-18(15-19)16-28-27(31)30-17-21-20-9-2-3-11-23(20)34-26(21)29-13-5-10-22(29)25(30)24-12-6-14-33-24/h4-8,10,12-15,25H,2-3,9,11,16-17H2,1H3,(H,28,31)/t25-/m1/s1. The number of thiophene rings is 2. The number of aryl methyl sites for hydroxylation is 1. The minimum absolute atomic E-state index is 0.0439. The minimum Gasteiger partial charge on any atom is -0.497 e. The van der Waals surface area contributed by atoms with E-state index in [-0.39, 0.29) is 12.1 Å². The van der Waals surface area contributed by atoms with Gasteiger partial charge in [-0.05, 0) is 72.5 Å². The summed E-state index contributed by atoms with van der Waals surface area (Å²) in [4.78, 5) is 18.5. The minimum atomic E-state index is -0.126. The molecule has 0 saturated carbocycles. The fourth-order valence-electron chi connectivity index (χ4n) is 5.19. The van der Waals surface area contributed by atoms with Gasteiger partial charge in [0.25, 0.3) is 0 Å². The molecule has 4 heterocycles. The molecular formula is C27H27N3O2S2. The number of carbonyl (C=O) groups is 1. The van der Waals surface area contributed by atoms with E-state index in [1.807, 2.05) is 40.5 Å².